The summed E-state index contributed by atoms with van der Waals surface area (Å²) >= 11 is 3.48. The van der Waals surface area contributed by atoms with E-state index in [0.29, 0.717) is 6.04 Å². The Hall–Kier alpha value is -0.640. The summed E-state index contributed by atoms with van der Waals surface area (Å²) in [6, 6.07) is 2.52. The van der Waals surface area contributed by atoms with E-state index in [-0.39, 0.29) is 0 Å². The van der Waals surface area contributed by atoms with Crippen LogP contribution in [0.3, 0.4) is 0 Å². The summed E-state index contributed by atoms with van der Waals surface area (Å²) in [6.45, 7) is 7.67. The van der Waals surface area contributed by atoms with Crippen LogP contribution in [-0.2, 0) is 6.42 Å². The second-order valence-corrected chi connectivity index (χ2v) is 5.82. The summed E-state index contributed by atoms with van der Waals surface area (Å²) in [5.41, 5.74) is 0. The highest BCUT2D eigenvalue weighted by Gasteiger charge is 2.26. The van der Waals surface area contributed by atoms with Gasteiger partial charge in [-0.15, -0.1) is 0 Å². The average Bonchev–Trinajstić information content (AvgIpc) is 3.08. The SMILES string of the molecule is CCc1nc(Br)cc(N(CC2CC2)C(C)C)n1. The van der Waals surface area contributed by atoms with E-state index in [2.05, 4.69) is 51.6 Å². The maximum Gasteiger partial charge on any atom is 0.133 e. The van der Waals surface area contributed by atoms with Crippen LogP contribution in [0.1, 0.15) is 39.4 Å². The van der Waals surface area contributed by atoms with Crippen molar-refractivity contribution in [2.75, 3.05) is 11.4 Å². The Labute approximate surface area is 112 Å². The number of hydrogen-bond acceptors (Lipinski definition) is 3. The lowest BCUT2D eigenvalue weighted by Gasteiger charge is -2.28. The summed E-state index contributed by atoms with van der Waals surface area (Å²) in [7, 11) is 0. The second kappa shape index (κ2) is 5.34. The highest BCUT2D eigenvalue weighted by molar-refractivity contribution is 9.10. The molecule has 1 aliphatic carbocycles. The van der Waals surface area contributed by atoms with Gasteiger partial charge in [0.15, 0.2) is 0 Å². The van der Waals surface area contributed by atoms with Crippen molar-refractivity contribution >= 4 is 21.7 Å². The van der Waals surface area contributed by atoms with E-state index in [9.17, 15) is 0 Å². The Balaban J connectivity index is 2.23. The first-order chi connectivity index (χ1) is 8.10. The summed E-state index contributed by atoms with van der Waals surface area (Å²) in [4.78, 5) is 11.4. The van der Waals surface area contributed by atoms with Crippen molar-refractivity contribution in [3.63, 3.8) is 0 Å². The molecular formula is C13H20BrN3. The zero-order chi connectivity index (χ0) is 12.4. The topological polar surface area (TPSA) is 29.0 Å². The van der Waals surface area contributed by atoms with Crippen molar-refractivity contribution in [1.82, 2.24) is 9.97 Å². The van der Waals surface area contributed by atoms with Crippen LogP contribution in [0, 0.1) is 5.92 Å². The predicted octanol–water partition coefficient (Wildman–Crippen LogP) is 3.43. The molecule has 2 rings (SSSR count). The normalized spacial score (nSPS) is 15.4. The van der Waals surface area contributed by atoms with Gasteiger partial charge in [-0.3, -0.25) is 0 Å². The third kappa shape index (κ3) is 3.41. The fourth-order valence-corrected chi connectivity index (χ4v) is 2.31. The van der Waals surface area contributed by atoms with Gasteiger partial charge in [0.05, 0.1) is 0 Å². The Morgan fingerprint density at radius 1 is 1.41 bits per heavy atom. The molecule has 0 amide bonds. The number of aryl methyl sites for hydroxylation is 1. The summed E-state index contributed by atoms with van der Waals surface area (Å²) < 4.78 is 0.890. The highest BCUT2D eigenvalue weighted by Crippen LogP contribution is 2.32. The molecule has 1 fully saturated rings. The number of hydrogen-bond donors (Lipinski definition) is 0. The van der Waals surface area contributed by atoms with E-state index in [1.54, 1.807) is 0 Å². The molecule has 0 aromatic carbocycles. The third-order valence-electron chi connectivity index (χ3n) is 3.11. The first-order valence-electron chi connectivity index (χ1n) is 6.40. The first kappa shape index (κ1) is 12.8. The predicted molar refractivity (Wildman–Crippen MR) is 74.3 cm³/mol. The molecule has 0 unspecified atom stereocenters. The van der Waals surface area contributed by atoms with Crippen molar-refractivity contribution in [1.29, 1.82) is 0 Å². The number of anilines is 1. The van der Waals surface area contributed by atoms with Crippen molar-refractivity contribution in [2.24, 2.45) is 5.92 Å². The summed E-state index contributed by atoms with van der Waals surface area (Å²) in [6.07, 6.45) is 3.62. The molecule has 0 aliphatic heterocycles. The van der Waals surface area contributed by atoms with Crippen LogP contribution < -0.4 is 4.90 Å². The number of rotatable bonds is 5. The van der Waals surface area contributed by atoms with Crippen molar-refractivity contribution < 1.29 is 0 Å². The molecule has 1 heterocycles. The van der Waals surface area contributed by atoms with Crippen LogP contribution in [0.15, 0.2) is 10.7 Å². The minimum Gasteiger partial charge on any atom is -0.354 e. The van der Waals surface area contributed by atoms with Crippen LogP contribution in [0.25, 0.3) is 0 Å². The molecule has 1 saturated carbocycles. The zero-order valence-corrected chi connectivity index (χ0v) is 12.4. The van der Waals surface area contributed by atoms with E-state index in [1.807, 2.05) is 6.07 Å². The number of aromatic nitrogens is 2. The van der Waals surface area contributed by atoms with Gasteiger partial charge in [0.1, 0.15) is 16.2 Å². The molecular weight excluding hydrogens is 278 g/mol. The Bertz CT molecular complexity index is 388. The number of halogens is 1. The van der Waals surface area contributed by atoms with Gasteiger partial charge < -0.3 is 4.90 Å². The van der Waals surface area contributed by atoms with Crippen molar-refractivity contribution in [2.45, 2.75) is 46.1 Å². The van der Waals surface area contributed by atoms with Crippen LogP contribution in [0.2, 0.25) is 0 Å². The first-order valence-corrected chi connectivity index (χ1v) is 7.19. The van der Waals surface area contributed by atoms with Gasteiger partial charge >= 0.3 is 0 Å². The van der Waals surface area contributed by atoms with Gasteiger partial charge in [-0.2, -0.15) is 0 Å². The van der Waals surface area contributed by atoms with E-state index < -0.39 is 0 Å². The van der Waals surface area contributed by atoms with Crippen LogP contribution in [0.5, 0.6) is 0 Å². The fourth-order valence-electron chi connectivity index (χ4n) is 1.90. The molecule has 0 spiro atoms. The molecule has 0 saturated heterocycles. The molecule has 0 radical (unpaired) electrons. The van der Waals surface area contributed by atoms with Crippen LogP contribution in [0.4, 0.5) is 5.82 Å². The number of nitrogens with zero attached hydrogens (tertiary/aromatic N) is 3. The van der Waals surface area contributed by atoms with E-state index in [1.165, 1.54) is 12.8 Å². The molecule has 1 aromatic rings. The fraction of sp³-hybridized carbons (Fsp3) is 0.692. The van der Waals surface area contributed by atoms with Gasteiger partial charge in [0.2, 0.25) is 0 Å². The Kier molecular flexibility index (Phi) is 4.02. The molecule has 0 atom stereocenters. The zero-order valence-electron chi connectivity index (χ0n) is 10.8. The smallest absolute Gasteiger partial charge is 0.133 e. The van der Waals surface area contributed by atoms with E-state index in [0.717, 1.165) is 35.1 Å². The van der Waals surface area contributed by atoms with Crippen LogP contribution >= 0.6 is 15.9 Å². The van der Waals surface area contributed by atoms with Crippen molar-refractivity contribution in [3.8, 4) is 0 Å². The van der Waals surface area contributed by atoms with Gasteiger partial charge in [0.25, 0.3) is 0 Å². The van der Waals surface area contributed by atoms with Gasteiger partial charge in [0, 0.05) is 25.1 Å². The standard InChI is InChI=1S/C13H20BrN3/c1-4-12-15-11(14)7-13(16-12)17(9(2)3)8-10-5-6-10/h7,9-10H,4-6,8H2,1-3H3. The molecule has 3 nitrogen and oxygen atoms in total. The molecule has 0 bridgehead atoms. The summed E-state index contributed by atoms with van der Waals surface area (Å²) in [5.74, 6) is 2.85. The lowest BCUT2D eigenvalue weighted by atomic mass is 10.2. The highest BCUT2D eigenvalue weighted by atomic mass is 79.9. The lowest BCUT2D eigenvalue weighted by Crippen LogP contribution is -2.33. The average molecular weight is 298 g/mol. The van der Waals surface area contributed by atoms with Gasteiger partial charge in [-0.05, 0) is 48.5 Å². The van der Waals surface area contributed by atoms with Crippen molar-refractivity contribution in [3.05, 3.63) is 16.5 Å². The van der Waals surface area contributed by atoms with Crippen LogP contribution in [-0.4, -0.2) is 22.6 Å². The quantitative estimate of drug-likeness (QED) is 0.780. The van der Waals surface area contributed by atoms with E-state index in [4.69, 9.17) is 0 Å². The molecule has 94 valence electrons. The maximum atomic E-state index is 4.64. The molecule has 1 aromatic heterocycles. The van der Waals surface area contributed by atoms with Gasteiger partial charge in [-0.25, -0.2) is 9.97 Å². The minimum absolute atomic E-state index is 0.488. The Morgan fingerprint density at radius 2 is 2.12 bits per heavy atom. The lowest BCUT2D eigenvalue weighted by molar-refractivity contribution is 0.633. The minimum atomic E-state index is 0.488. The maximum absolute atomic E-state index is 4.64. The molecule has 4 heteroatoms. The van der Waals surface area contributed by atoms with E-state index >= 15 is 0 Å². The van der Waals surface area contributed by atoms with Gasteiger partial charge in [-0.1, -0.05) is 6.92 Å². The largest absolute Gasteiger partial charge is 0.354 e. The molecule has 0 N–H and O–H groups in total. The monoisotopic (exact) mass is 297 g/mol. The second-order valence-electron chi connectivity index (χ2n) is 5.01. The molecule has 17 heavy (non-hydrogen) atoms. The Morgan fingerprint density at radius 3 is 2.65 bits per heavy atom. The third-order valence-corrected chi connectivity index (χ3v) is 3.52. The molecule has 1 aliphatic rings. The summed E-state index contributed by atoms with van der Waals surface area (Å²) in [5, 5.41) is 0.